The Morgan fingerprint density at radius 1 is 1.38 bits per heavy atom. The maximum atomic E-state index is 12.6. The Morgan fingerprint density at radius 2 is 2.10 bits per heavy atom. The van der Waals surface area contributed by atoms with E-state index in [1.165, 1.54) is 23.7 Å². The molecule has 0 bridgehead atoms. The molecule has 0 saturated heterocycles. The highest BCUT2D eigenvalue weighted by molar-refractivity contribution is 7.89. The zero-order valence-electron chi connectivity index (χ0n) is 11.7. The van der Waals surface area contributed by atoms with Crippen molar-refractivity contribution in [2.75, 3.05) is 7.05 Å². The number of sulfonamides is 1. The molecule has 0 amide bonds. The average Bonchev–Trinajstić information content (AvgIpc) is 2.93. The third-order valence-electron chi connectivity index (χ3n) is 3.25. The van der Waals surface area contributed by atoms with E-state index in [0.29, 0.717) is 16.9 Å². The predicted molar refractivity (Wildman–Crippen MR) is 79.5 cm³/mol. The molecule has 5 nitrogen and oxygen atoms in total. The quantitative estimate of drug-likeness (QED) is 0.915. The van der Waals surface area contributed by atoms with Gasteiger partial charge in [0.25, 0.3) is 0 Å². The lowest BCUT2D eigenvalue weighted by molar-refractivity contribution is 0.280. The minimum atomic E-state index is -3.72. The van der Waals surface area contributed by atoms with Crippen molar-refractivity contribution >= 4 is 21.6 Å². The van der Waals surface area contributed by atoms with E-state index in [0.717, 1.165) is 0 Å². The summed E-state index contributed by atoms with van der Waals surface area (Å²) in [5.41, 5.74) is 0.987. The van der Waals surface area contributed by atoms with Gasteiger partial charge in [-0.3, -0.25) is 0 Å². The fraction of sp³-hybridized carbons (Fsp3) is 0.286. The van der Waals surface area contributed by atoms with Gasteiger partial charge in [0.15, 0.2) is 0 Å². The lowest BCUT2D eigenvalue weighted by Crippen LogP contribution is -2.27. The minimum absolute atomic E-state index is 0.0908. The molecule has 7 heteroatoms. The van der Waals surface area contributed by atoms with Crippen LogP contribution < -0.4 is 0 Å². The van der Waals surface area contributed by atoms with E-state index in [-0.39, 0.29) is 23.1 Å². The van der Waals surface area contributed by atoms with E-state index in [1.54, 1.807) is 25.1 Å². The maximum absolute atomic E-state index is 12.6. The molecule has 1 heterocycles. The Kier molecular flexibility index (Phi) is 4.73. The van der Waals surface area contributed by atoms with Crippen LogP contribution in [0.1, 0.15) is 16.9 Å². The molecule has 114 valence electrons. The molecule has 0 saturated carbocycles. The molecule has 0 fully saturated rings. The third-order valence-corrected chi connectivity index (χ3v) is 5.40. The van der Waals surface area contributed by atoms with Gasteiger partial charge in [-0.05, 0) is 42.3 Å². The first-order chi connectivity index (χ1) is 9.86. The van der Waals surface area contributed by atoms with Crippen LogP contribution in [0.3, 0.4) is 0 Å². The summed E-state index contributed by atoms with van der Waals surface area (Å²) < 4.78 is 31.6. The largest absolute Gasteiger partial charge is 0.468 e. The van der Waals surface area contributed by atoms with E-state index >= 15 is 0 Å². The monoisotopic (exact) mass is 329 g/mol. The van der Waals surface area contributed by atoms with Crippen molar-refractivity contribution in [1.82, 2.24) is 4.31 Å². The van der Waals surface area contributed by atoms with Crippen LogP contribution in [0.25, 0.3) is 0 Å². The zero-order valence-corrected chi connectivity index (χ0v) is 13.3. The van der Waals surface area contributed by atoms with Gasteiger partial charge in [0, 0.05) is 12.1 Å². The van der Waals surface area contributed by atoms with Crippen LogP contribution in [-0.4, -0.2) is 24.9 Å². The van der Waals surface area contributed by atoms with Gasteiger partial charge in [-0.15, -0.1) is 0 Å². The number of nitrogens with zero attached hydrogens (tertiary/aromatic N) is 1. The molecule has 21 heavy (non-hydrogen) atoms. The second kappa shape index (κ2) is 6.19. The summed E-state index contributed by atoms with van der Waals surface area (Å²) >= 11 is 5.94. The van der Waals surface area contributed by atoms with Gasteiger partial charge in [-0.1, -0.05) is 11.6 Å². The fourth-order valence-electron chi connectivity index (χ4n) is 2.02. The second-order valence-electron chi connectivity index (χ2n) is 4.69. The van der Waals surface area contributed by atoms with Gasteiger partial charge < -0.3 is 9.52 Å². The molecule has 1 N–H and O–H groups in total. The molecule has 0 aliphatic rings. The summed E-state index contributed by atoms with van der Waals surface area (Å²) in [7, 11) is -2.25. The Balaban J connectivity index is 2.41. The lowest BCUT2D eigenvalue weighted by atomic mass is 10.1. The molecule has 0 unspecified atom stereocenters. The number of halogens is 1. The summed E-state index contributed by atoms with van der Waals surface area (Å²) in [5.74, 6) is 0.545. The average molecular weight is 330 g/mol. The smallest absolute Gasteiger partial charge is 0.243 e. The van der Waals surface area contributed by atoms with Gasteiger partial charge >= 0.3 is 0 Å². The molecular weight excluding hydrogens is 314 g/mol. The Labute approximate surface area is 128 Å². The van der Waals surface area contributed by atoms with Crippen molar-refractivity contribution in [2.45, 2.75) is 25.0 Å². The molecule has 0 radical (unpaired) electrons. The Bertz CT molecular complexity index is 726. The molecule has 1 aromatic heterocycles. The Hall–Kier alpha value is -1.34. The zero-order chi connectivity index (χ0) is 15.6. The van der Waals surface area contributed by atoms with E-state index < -0.39 is 10.0 Å². The lowest BCUT2D eigenvalue weighted by Gasteiger charge is -2.19. The minimum Gasteiger partial charge on any atom is -0.468 e. The molecule has 2 rings (SSSR count). The SMILES string of the molecule is Cc1c(CO)cc(Cl)cc1S(=O)(=O)N(C)Cc1ccco1. The summed E-state index contributed by atoms with van der Waals surface area (Å²) in [5, 5.41) is 9.57. The topological polar surface area (TPSA) is 70.8 Å². The van der Waals surface area contributed by atoms with Crippen LogP contribution in [0.5, 0.6) is 0 Å². The molecule has 0 aliphatic carbocycles. The van der Waals surface area contributed by atoms with Crippen LogP contribution in [0.4, 0.5) is 0 Å². The molecule has 0 atom stereocenters. The molecule has 0 spiro atoms. The number of rotatable bonds is 5. The van der Waals surface area contributed by atoms with Gasteiger partial charge in [-0.2, -0.15) is 4.31 Å². The summed E-state index contributed by atoms with van der Waals surface area (Å²) in [6, 6.07) is 6.35. The standard InChI is InChI=1S/C14H16ClNO4S/c1-10-11(9-17)6-12(15)7-14(10)21(18,19)16(2)8-13-4-3-5-20-13/h3-7,17H,8-9H2,1-2H3. The summed E-state index contributed by atoms with van der Waals surface area (Å²) in [6.07, 6.45) is 1.49. The summed E-state index contributed by atoms with van der Waals surface area (Å²) in [6.45, 7) is 1.50. The van der Waals surface area contributed by atoms with Crippen molar-refractivity contribution in [3.63, 3.8) is 0 Å². The third kappa shape index (κ3) is 3.29. The molecule has 1 aromatic carbocycles. The van der Waals surface area contributed by atoms with E-state index in [2.05, 4.69) is 0 Å². The number of hydrogen-bond donors (Lipinski definition) is 1. The van der Waals surface area contributed by atoms with E-state index in [4.69, 9.17) is 16.0 Å². The van der Waals surface area contributed by atoms with Crippen molar-refractivity contribution in [3.05, 3.63) is 52.4 Å². The predicted octanol–water partition coefficient (Wildman–Crippen LogP) is 2.55. The summed E-state index contributed by atoms with van der Waals surface area (Å²) in [4.78, 5) is 0.0908. The molecule has 2 aromatic rings. The van der Waals surface area contributed by atoms with Crippen molar-refractivity contribution < 1.29 is 17.9 Å². The van der Waals surface area contributed by atoms with Crippen LogP contribution in [0.15, 0.2) is 39.8 Å². The second-order valence-corrected chi connectivity index (χ2v) is 7.14. The molecular formula is C14H16ClNO4S. The van der Waals surface area contributed by atoms with E-state index in [1.807, 2.05) is 0 Å². The number of aliphatic hydroxyl groups is 1. The van der Waals surface area contributed by atoms with Gasteiger partial charge in [0.1, 0.15) is 5.76 Å². The van der Waals surface area contributed by atoms with E-state index in [9.17, 15) is 13.5 Å². The highest BCUT2D eigenvalue weighted by Gasteiger charge is 2.25. The fourth-order valence-corrected chi connectivity index (χ4v) is 3.75. The first kappa shape index (κ1) is 16.0. The van der Waals surface area contributed by atoms with Crippen molar-refractivity contribution in [1.29, 1.82) is 0 Å². The number of benzene rings is 1. The van der Waals surface area contributed by atoms with Crippen LogP contribution in [-0.2, 0) is 23.2 Å². The Morgan fingerprint density at radius 3 is 2.67 bits per heavy atom. The highest BCUT2D eigenvalue weighted by atomic mass is 35.5. The van der Waals surface area contributed by atoms with Crippen molar-refractivity contribution in [2.24, 2.45) is 0 Å². The highest BCUT2D eigenvalue weighted by Crippen LogP contribution is 2.27. The first-order valence-corrected chi connectivity index (χ1v) is 8.06. The number of furan rings is 1. The normalized spacial score (nSPS) is 12.0. The number of aliphatic hydroxyl groups excluding tert-OH is 1. The first-order valence-electron chi connectivity index (χ1n) is 6.25. The van der Waals surface area contributed by atoms with Gasteiger partial charge in [0.05, 0.1) is 24.3 Å². The molecule has 0 aliphatic heterocycles. The van der Waals surface area contributed by atoms with Crippen molar-refractivity contribution in [3.8, 4) is 0 Å². The van der Waals surface area contributed by atoms with Crippen LogP contribution in [0.2, 0.25) is 5.02 Å². The number of hydrogen-bond acceptors (Lipinski definition) is 4. The van der Waals surface area contributed by atoms with Gasteiger partial charge in [-0.25, -0.2) is 8.42 Å². The maximum Gasteiger partial charge on any atom is 0.243 e. The van der Waals surface area contributed by atoms with Crippen LogP contribution in [0, 0.1) is 6.92 Å². The van der Waals surface area contributed by atoms with Crippen LogP contribution >= 0.6 is 11.6 Å². The van der Waals surface area contributed by atoms with Gasteiger partial charge in [0.2, 0.25) is 10.0 Å².